The van der Waals surface area contributed by atoms with Gasteiger partial charge in [0, 0.05) is 74.1 Å². The zero-order chi connectivity index (χ0) is 42.5. The number of imidazole rings is 1. The summed E-state index contributed by atoms with van der Waals surface area (Å²) in [5.74, 6) is -0.215. The molecule has 0 spiro atoms. The van der Waals surface area contributed by atoms with E-state index >= 15 is 8.78 Å². The molecule has 1 unspecified atom stereocenters. The van der Waals surface area contributed by atoms with Crippen molar-refractivity contribution < 1.29 is 28.0 Å². The molecule has 61 heavy (non-hydrogen) atoms. The first-order chi connectivity index (χ1) is 29.4. The highest BCUT2D eigenvalue weighted by Crippen LogP contribution is 2.34. The van der Waals surface area contributed by atoms with E-state index in [1.165, 1.54) is 6.07 Å². The number of benzene rings is 2. The zero-order valence-corrected chi connectivity index (χ0v) is 34.5. The first-order valence-electron chi connectivity index (χ1n) is 21.1. The number of fused-ring (bicyclic) bond motifs is 2. The third-order valence-electron chi connectivity index (χ3n) is 12.7. The monoisotopic (exact) mass is 830 g/mol. The highest BCUT2D eigenvalue weighted by molar-refractivity contribution is 6.05. The van der Waals surface area contributed by atoms with E-state index in [0.29, 0.717) is 41.6 Å². The van der Waals surface area contributed by atoms with Crippen molar-refractivity contribution in [3.63, 3.8) is 0 Å². The van der Waals surface area contributed by atoms with Gasteiger partial charge in [-0.15, -0.1) is 0 Å². The Labute approximate surface area is 351 Å². The number of rotatable bonds is 9. The standard InChI is InChI=1S/C45H48F2N10O4/c1-25(2)57-26(3)50-41-34(46)20-30(21-37(41)57)40-35(47)23-49-45(53-40)51-38-8-4-28(22-48-38)18-27-10-14-55(15-11-27)43(60)29-12-16-54(17-13-29)32-5-6-33-31(19-32)24-56(44(33)61)36-7-9-39(58)52-42(36)59/h4-6,8,19-23,25,27,29,36H,7,9-18,24H2,1-3H3,(H,52,58,59)(H,48,49,51,53). The van der Waals surface area contributed by atoms with Crippen LogP contribution < -0.4 is 15.5 Å². The van der Waals surface area contributed by atoms with Crippen LogP contribution in [0.15, 0.2) is 54.9 Å². The van der Waals surface area contributed by atoms with Gasteiger partial charge in [-0.1, -0.05) is 6.07 Å². The highest BCUT2D eigenvalue weighted by atomic mass is 19.1. The van der Waals surface area contributed by atoms with Crippen LogP contribution in [-0.2, 0) is 27.3 Å². The molecule has 3 saturated heterocycles. The summed E-state index contributed by atoms with van der Waals surface area (Å²) in [6.07, 6.45) is 7.59. The molecular formula is C45H48F2N10O4. The minimum absolute atomic E-state index is 0.0269. The summed E-state index contributed by atoms with van der Waals surface area (Å²) in [5.41, 5.74) is 4.60. The molecule has 4 aliphatic heterocycles. The molecule has 2 aromatic carbocycles. The van der Waals surface area contributed by atoms with Crippen LogP contribution in [0.4, 0.5) is 26.2 Å². The van der Waals surface area contributed by atoms with Gasteiger partial charge in [-0.2, -0.15) is 0 Å². The van der Waals surface area contributed by atoms with Crippen molar-refractivity contribution in [1.82, 2.24) is 39.6 Å². The van der Waals surface area contributed by atoms with Gasteiger partial charge in [0.1, 0.15) is 28.9 Å². The third kappa shape index (κ3) is 7.90. The molecule has 7 heterocycles. The van der Waals surface area contributed by atoms with Crippen LogP contribution in [0.25, 0.3) is 22.3 Å². The Balaban J connectivity index is 0.751. The Hall–Kier alpha value is -6.32. The molecule has 5 aromatic rings. The minimum Gasteiger partial charge on any atom is -0.371 e. The van der Waals surface area contributed by atoms with E-state index in [-0.39, 0.29) is 58.8 Å². The van der Waals surface area contributed by atoms with Gasteiger partial charge in [-0.25, -0.2) is 28.7 Å². The van der Waals surface area contributed by atoms with Gasteiger partial charge >= 0.3 is 0 Å². The SMILES string of the molecule is Cc1nc2c(F)cc(-c3nc(Nc4ccc(CC5CCN(C(=O)C6CCN(c7ccc8c(c7)CN(C7CCC(=O)NC7=O)C8=O)CC6)CC5)cn4)ncc3F)cc2n1C(C)C. The lowest BCUT2D eigenvalue weighted by molar-refractivity contribution is -0.138. The van der Waals surface area contributed by atoms with E-state index < -0.39 is 23.6 Å². The second kappa shape index (κ2) is 16.3. The van der Waals surface area contributed by atoms with Crippen LogP contribution in [-0.4, -0.2) is 90.2 Å². The number of imide groups is 1. The Morgan fingerprint density at radius 2 is 1.69 bits per heavy atom. The number of anilines is 3. The average Bonchev–Trinajstić information content (AvgIpc) is 3.77. The molecule has 4 amide bonds. The number of hydrogen-bond acceptors (Lipinski definition) is 10. The molecule has 2 N–H and O–H groups in total. The zero-order valence-electron chi connectivity index (χ0n) is 34.5. The maximum atomic E-state index is 15.2. The van der Waals surface area contributed by atoms with Crippen LogP contribution >= 0.6 is 0 Å². The number of pyridine rings is 1. The molecule has 0 radical (unpaired) electrons. The molecule has 1 atom stereocenters. The average molecular weight is 831 g/mol. The summed E-state index contributed by atoms with van der Waals surface area (Å²) < 4.78 is 32.1. The maximum Gasteiger partial charge on any atom is 0.255 e. The van der Waals surface area contributed by atoms with Gasteiger partial charge in [0.25, 0.3) is 5.91 Å². The number of likely N-dealkylation sites (tertiary alicyclic amines) is 1. The summed E-state index contributed by atoms with van der Waals surface area (Å²) >= 11 is 0. The first-order valence-corrected chi connectivity index (χ1v) is 21.1. The number of piperidine rings is 3. The topological polar surface area (TPSA) is 159 Å². The van der Waals surface area contributed by atoms with Crippen LogP contribution in [0.1, 0.15) is 85.7 Å². The molecule has 0 bridgehead atoms. The Kier molecular flexibility index (Phi) is 10.7. The molecule has 316 valence electrons. The van der Waals surface area contributed by atoms with Crippen molar-refractivity contribution >= 4 is 52.1 Å². The van der Waals surface area contributed by atoms with E-state index in [1.807, 2.05) is 66.8 Å². The van der Waals surface area contributed by atoms with E-state index in [2.05, 4.69) is 35.5 Å². The molecule has 3 fully saturated rings. The predicted octanol–water partition coefficient (Wildman–Crippen LogP) is 6.26. The Bertz CT molecular complexity index is 2540. The smallest absolute Gasteiger partial charge is 0.255 e. The van der Waals surface area contributed by atoms with E-state index in [9.17, 15) is 19.2 Å². The van der Waals surface area contributed by atoms with Gasteiger partial charge in [0.15, 0.2) is 11.6 Å². The molecule has 16 heteroatoms. The number of nitrogens with zero attached hydrogens (tertiary/aromatic N) is 8. The molecule has 4 aliphatic rings. The van der Waals surface area contributed by atoms with Crippen molar-refractivity contribution in [1.29, 1.82) is 0 Å². The number of aromatic nitrogens is 5. The third-order valence-corrected chi connectivity index (χ3v) is 12.7. The quantitative estimate of drug-likeness (QED) is 0.163. The lowest BCUT2D eigenvalue weighted by atomic mass is 9.89. The number of hydrogen-bond donors (Lipinski definition) is 2. The molecule has 0 aliphatic carbocycles. The Morgan fingerprint density at radius 1 is 0.902 bits per heavy atom. The van der Waals surface area contributed by atoms with Crippen LogP contribution in [0, 0.1) is 30.4 Å². The molecule has 3 aromatic heterocycles. The van der Waals surface area contributed by atoms with E-state index in [1.54, 1.807) is 11.0 Å². The number of aryl methyl sites for hydroxylation is 1. The highest BCUT2D eigenvalue weighted by Gasteiger charge is 2.39. The fourth-order valence-electron chi connectivity index (χ4n) is 9.51. The second-order valence-corrected chi connectivity index (χ2v) is 17.0. The predicted molar refractivity (Wildman–Crippen MR) is 224 cm³/mol. The van der Waals surface area contributed by atoms with Gasteiger partial charge in [0.05, 0.1) is 11.7 Å². The Morgan fingerprint density at radius 3 is 2.41 bits per heavy atom. The van der Waals surface area contributed by atoms with Crippen molar-refractivity contribution in [3.8, 4) is 11.3 Å². The number of amides is 4. The first kappa shape index (κ1) is 40.1. The summed E-state index contributed by atoms with van der Waals surface area (Å²) in [5, 5.41) is 5.40. The number of carbonyl (C=O) groups is 4. The van der Waals surface area contributed by atoms with Crippen molar-refractivity contribution in [3.05, 3.63) is 89.0 Å². The van der Waals surface area contributed by atoms with Crippen LogP contribution in [0.2, 0.25) is 0 Å². The fourth-order valence-corrected chi connectivity index (χ4v) is 9.51. The molecule has 9 rings (SSSR count). The summed E-state index contributed by atoms with van der Waals surface area (Å²) in [7, 11) is 0. The molecular weight excluding hydrogens is 783 g/mol. The largest absolute Gasteiger partial charge is 0.371 e. The van der Waals surface area contributed by atoms with Gasteiger partial charge in [-0.05, 0) is 113 Å². The molecule has 14 nitrogen and oxygen atoms in total. The second-order valence-electron chi connectivity index (χ2n) is 17.0. The van der Waals surface area contributed by atoms with Crippen LogP contribution in [0.3, 0.4) is 0 Å². The van der Waals surface area contributed by atoms with Crippen LogP contribution in [0.5, 0.6) is 0 Å². The lowest BCUT2D eigenvalue weighted by Gasteiger charge is -2.38. The van der Waals surface area contributed by atoms with Gasteiger partial charge in [0.2, 0.25) is 23.7 Å². The van der Waals surface area contributed by atoms with Gasteiger partial charge in [-0.3, -0.25) is 24.5 Å². The van der Waals surface area contributed by atoms with E-state index in [4.69, 9.17) is 0 Å². The lowest BCUT2D eigenvalue weighted by Crippen LogP contribution is -2.52. The van der Waals surface area contributed by atoms with Gasteiger partial charge < -0.3 is 24.6 Å². The number of carbonyl (C=O) groups excluding carboxylic acids is 4. The summed E-state index contributed by atoms with van der Waals surface area (Å²) in [4.78, 5) is 74.1. The number of halogens is 2. The van der Waals surface area contributed by atoms with Crippen molar-refractivity contribution in [2.75, 3.05) is 36.4 Å². The summed E-state index contributed by atoms with van der Waals surface area (Å²) in [6.45, 7) is 9.04. The van der Waals surface area contributed by atoms with E-state index in [0.717, 1.165) is 81.3 Å². The normalized spacial score (nSPS) is 19.0. The van der Waals surface area contributed by atoms with Crippen molar-refractivity contribution in [2.45, 2.75) is 84.3 Å². The number of nitrogens with one attached hydrogen (secondary N) is 2. The fraction of sp³-hybridized carbons (Fsp3) is 0.422. The van der Waals surface area contributed by atoms with Crippen molar-refractivity contribution in [2.24, 2.45) is 11.8 Å². The molecule has 0 saturated carbocycles. The maximum absolute atomic E-state index is 15.2. The minimum atomic E-state index is -0.673. The summed E-state index contributed by atoms with van der Waals surface area (Å²) in [6, 6.07) is 12.0.